The van der Waals surface area contributed by atoms with Gasteiger partial charge in [0.15, 0.2) is 0 Å². The van der Waals surface area contributed by atoms with Crippen molar-refractivity contribution in [2.75, 3.05) is 13.1 Å². The van der Waals surface area contributed by atoms with Crippen molar-refractivity contribution < 1.29 is 9.18 Å². The van der Waals surface area contributed by atoms with Crippen LogP contribution in [0.1, 0.15) is 30.4 Å². The molecule has 2 amide bonds. The van der Waals surface area contributed by atoms with Crippen LogP contribution in [0.3, 0.4) is 0 Å². The fourth-order valence-corrected chi connectivity index (χ4v) is 4.87. The third-order valence-corrected chi connectivity index (χ3v) is 6.04. The summed E-state index contributed by atoms with van der Waals surface area (Å²) in [6.45, 7) is 4.08. The lowest BCUT2D eigenvalue weighted by atomic mass is 9.82. The van der Waals surface area contributed by atoms with Gasteiger partial charge >= 0.3 is 6.03 Å². The Balaban J connectivity index is 1.35. The van der Waals surface area contributed by atoms with Gasteiger partial charge in [-0.3, -0.25) is 0 Å². The normalized spacial score (nSPS) is 32.4. The van der Waals surface area contributed by atoms with Crippen LogP contribution in [0.4, 0.5) is 9.18 Å². The van der Waals surface area contributed by atoms with Crippen molar-refractivity contribution in [3.05, 3.63) is 29.3 Å². The van der Waals surface area contributed by atoms with Crippen LogP contribution in [0.2, 0.25) is 0 Å². The first-order valence-electron chi connectivity index (χ1n) is 8.25. The number of aromatic nitrogens is 1. The van der Waals surface area contributed by atoms with Crippen LogP contribution < -0.4 is 5.32 Å². The molecule has 3 fully saturated rings. The summed E-state index contributed by atoms with van der Waals surface area (Å²) < 4.78 is 13.0. The van der Waals surface area contributed by atoms with Crippen LogP contribution in [0.5, 0.6) is 0 Å². The quantitative estimate of drug-likeness (QED) is 0.854. The lowest BCUT2D eigenvalue weighted by molar-refractivity contribution is 0.202. The summed E-state index contributed by atoms with van der Waals surface area (Å²) in [5.74, 6) is 2.71. The number of likely N-dealkylation sites (tertiary alicyclic amines) is 1. The van der Waals surface area contributed by atoms with Gasteiger partial charge in [0.05, 0.1) is 0 Å². The van der Waals surface area contributed by atoms with E-state index in [-0.39, 0.29) is 6.03 Å². The molecule has 1 aromatic rings. The minimum absolute atomic E-state index is 0.0116. The molecule has 0 radical (unpaired) electrons. The van der Waals surface area contributed by atoms with Gasteiger partial charge in [-0.25, -0.2) is 9.78 Å². The average Bonchev–Trinajstić information content (AvgIpc) is 3.18. The third kappa shape index (κ3) is 2.27. The van der Waals surface area contributed by atoms with Crippen molar-refractivity contribution in [3.63, 3.8) is 0 Å². The molecule has 118 valence electrons. The highest BCUT2D eigenvalue weighted by atomic mass is 19.1. The second-order valence-electron chi connectivity index (χ2n) is 7.16. The van der Waals surface area contributed by atoms with Crippen molar-refractivity contribution >= 4 is 6.03 Å². The zero-order chi connectivity index (χ0) is 15.3. The molecule has 4 rings (SSSR count). The van der Waals surface area contributed by atoms with E-state index in [1.54, 1.807) is 0 Å². The molecule has 2 heterocycles. The number of nitrogens with one attached hydrogen (secondary N) is 1. The molecule has 0 spiro atoms. The highest BCUT2D eigenvalue weighted by Crippen LogP contribution is 2.55. The Labute approximate surface area is 130 Å². The Morgan fingerprint density at radius 1 is 1.36 bits per heavy atom. The number of fused-ring (bicyclic) bond motifs is 5. The summed E-state index contributed by atoms with van der Waals surface area (Å²) >= 11 is 0. The molecule has 1 N–H and O–H groups in total. The molecular formula is C17H22FN3O. The van der Waals surface area contributed by atoms with E-state index in [4.69, 9.17) is 0 Å². The number of hydrogen-bond acceptors (Lipinski definition) is 2. The molecule has 2 bridgehead atoms. The number of amides is 2. The van der Waals surface area contributed by atoms with E-state index in [0.717, 1.165) is 47.9 Å². The van der Waals surface area contributed by atoms with Crippen molar-refractivity contribution in [3.8, 4) is 0 Å². The minimum atomic E-state index is -0.476. The van der Waals surface area contributed by atoms with Gasteiger partial charge in [-0.1, -0.05) is 0 Å². The third-order valence-electron chi connectivity index (χ3n) is 6.04. The minimum Gasteiger partial charge on any atom is -0.334 e. The van der Waals surface area contributed by atoms with Gasteiger partial charge in [0, 0.05) is 25.8 Å². The molecular weight excluding hydrogens is 281 g/mol. The molecule has 1 aliphatic heterocycles. The number of aryl methyl sites for hydroxylation is 1. The number of nitrogens with zero attached hydrogens (tertiary/aromatic N) is 2. The first-order valence-corrected chi connectivity index (χ1v) is 8.25. The first kappa shape index (κ1) is 14.0. The smallest absolute Gasteiger partial charge is 0.317 e. The van der Waals surface area contributed by atoms with Crippen molar-refractivity contribution in [1.29, 1.82) is 0 Å². The monoisotopic (exact) mass is 303 g/mol. The van der Waals surface area contributed by atoms with Crippen LogP contribution in [-0.4, -0.2) is 29.0 Å². The number of carbonyl (C=O) groups excluding carboxylic acids is 1. The lowest BCUT2D eigenvalue weighted by Gasteiger charge is -2.22. The fourth-order valence-electron chi connectivity index (χ4n) is 4.87. The standard InChI is InChI=1S/C17H22FN3O/c1-10-4-16(18)19-6-13(10)7-20-17(22)21-8-14-11-2-3-12(5-11)15(14)9-21/h4,6,11-12,14-15H,2-3,5,7-9H2,1H3,(H,20,22). The van der Waals surface area contributed by atoms with E-state index in [1.165, 1.54) is 31.5 Å². The van der Waals surface area contributed by atoms with Crippen LogP contribution in [-0.2, 0) is 6.54 Å². The summed E-state index contributed by atoms with van der Waals surface area (Å²) in [7, 11) is 0. The number of urea groups is 1. The zero-order valence-corrected chi connectivity index (χ0v) is 12.9. The van der Waals surface area contributed by atoms with Gasteiger partial charge in [0.1, 0.15) is 0 Å². The molecule has 3 aliphatic rings. The Morgan fingerprint density at radius 2 is 2.05 bits per heavy atom. The molecule has 4 unspecified atom stereocenters. The number of hydrogen-bond donors (Lipinski definition) is 1. The van der Waals surface area contributed by atoms with E-state index >= 15 is 0 Å². The largest absolute Gasteiger partial charge is 0.334 e. The molecule has 0 aromatic carbocycles. The van der Waals surface area contributed by atoms with Gasteiger partial charge in [0.2, 0.25) is 5.95 Å². The van der Waals surface area contributed by atoms with Gasteiger partial charge in [-0.05, 0) is 67.1 Å². The second kappa shape index (κ2) is 5.21. The summed E-state index contributed by atoms with van der Waals surface area (Å²) in [4.78, 5) is 18.0. The van der Waals surface area contributed by atoms with Crippen molar-refractivity contribution in [2.45, 2.75) is 32.7 Å². The topological polar surface area (TPSA) is 45.2 Å². The first-order chi connectivity index (χ1) is 10.6. The van der Waals surface area contributed by atoms with E-state index < -0.39 is 5.95 Å². The van der Waals surface area contributed by atoms with Crippen LogP contribution in [0.25, 0.3) is 0 Å². The van der Waals surface area contributed by atoms with Gasteiger partial charge < -0.3 is 10.2 Å². The maximum absolute atomic E-state index is 13.0. The molecule has 1 saturated heterocycles. The molecule has 2 aliphatic carbocycles. The Bertz CT molecular complexity index is 588. The van der Waals surface area contributed by atoms with Crippen LogP contribution >= 0.6 is 0 Å². The molecule has 5 heteroatoms. The lowest BCUT2D eigenvalue weighted by Crippen LogP contribution is -2.39. The molecule has 4 nitrogen and oxygen atoms in total. The Hall–Kier alpha value is -1.65. The molecule has 22 heavy (non-hydrogen) atoms. The second-order valence-corrected chi connectivity index (χ2v) is 7.16. The van der Waals surface area contributed by atoms with Gasteiger partial charge in [0.25, 0.3) is 0 Å². The predicted octanol–water partition coefficient (Wildman–Crippen LogP) is 2.72. The maximum Gasteiger partial charge on any atom is 0.317 e. The van der Waals surface area contributed by atoms with E-state index in [0.29, 0.717) is 6.54 Å². The van der Waals surface area contributed by atoms with Crippen LogP contribution in [0.15, 0.2) is 12.3 Å². The van der Waals surface area contributed by atoms with Crippen molar-refractivity contribution in [1.82, 2.24) is 15.2 Å². The van der Waals surface area contributed by atoms with Gasteiger partial charge in [-0.15, -0.1) is 0 Å². The van der Waals surface area contributed by atoms with E-state index in [9.17, 15) is 9.18 Å². The Kier molecular flexibility index (Phi) is 3.31. The highest BCUT2D eigenvalue weighted by molar-refractivity contribution is 5.74. The van der Waals surface area contributed by atoms with Gasteiger partial charge in [-0.2, -0.15) is 4.39 Å². The number of rotatable bonds is 2. The SMILES string of the molecule is Cc1cc(F)ncc1CNC(=O)N1CC2C3CCC(C3)C2C1. The van der Waals surface area contributed by atoms with Crippen molar-refractivity contribution in [2.24, 2.45) is 23.7 Å². The highest BCUT2D eigenvalue weighted by Gasteiger charge is 2.52. The molecule has 4 atom stereocenters. The van der Waals surface area contributed by atoms with Crippen LogP contribution in [0, 0.1) is 36.5 Å². The summed E-state index contributed by atoms with van der Waals surface area (Å²) in [6, 6.07) is 1.41. The number of pyridine rings is 1. The zero-order valence-electron chi connectivity index (χ0n) is 12.9. The fraction of sp³-hybridized carbons (Fsp3) is 0.647. The predicted molar refractivity (Wildman–Crippen MR) is 80.6 cm³/mol. The summed E-state index contributed by atoms with van der Waals surface area (Å²) in [5.41, 5.74) is 1.69. The number of halogens is 1. The van der Waals surface area contributed by atoms with E-state index in [1.807, 2.05) is 11.8 Å². The maximum atomic E-state index is 13.0. The summed E-state index contributed by atoms with van der Waals surface area (Å²) in [6.07, 6.45) is 5.62. The molecule has 1 aromatic heterocycles. The average molecular weight is 303 g/mol. The summed E-state index contributed by atoms with van der Waals surface area (Å²) in [5, 5.41) is 2.97. The van der Waals surface area contributed by atoms with E-state index in [2.05, 4.69) is 10.3 Å². The Morgan fingerprint density at radius 3 is 2.68 bits per heavy atom. The molecule has 2 saturated carbocycles. The number of carbonyl (C=O) groups is 1.